The molecule has 0 aromatic heterocycles. The van der Waals surface area contributed by atoms with E-state index in [4.69, 9.17) is 18.8 Å². The first-order chi connectivity index (χ1) is 22.5. The van der Waals surface area contributed by atoms with E-state index in [9.17, 15) is 19.5 Å². The predicted octanol–water partition coefficient (Wildman–Crippen LogP) is 5.14. The van der Waals surface area contributed by atoms with Gasteiger partial charge in [-0.1, -0.05) is 26.0 Å². The second kappa shape index (κ2) is 14.2. The first-order valence-electron chi connectivity index (χ1n) is 17.7. The van der Waals surface area contributed by atoms with Crippen LogP contribution in [-0.2, 0) is 25.3 Å². The van der Waals surface area contributed by atoms with Crippen molar-refractivity contribution in [2.45, 2.75) is 135 Å². The van der Waals surface area contributed by atoms with Crippen LogP contribution in [0.3, 0.4) is 0 Å². The largest absolute Gasteiger partial charge is 0.496 e. The lowest BCUT2D eigenvalue weighted by Gasteiger charge is -2.64. The van der Waals surface area contributed by atoms with E-state index in [1.807, 2.05) is 33.8 Å². The molecule has 5 fully saturated rings. The number of para-hydroxylation sites is 1. The van der Waals surface area contributed by atoms with E-state index >= 15 is 0 Å². The first kappa shape index (κ1) is 36.5. The van der Waals surface area contributed by atoms with Gasteiger partial charge >= 0.3 is 19.2 Å². The zero-order valence-corrected chi connectivity index (χ0v) is 30.0. The summed E-state index contributed by atoms with van der Waals surface area (Å²) >= 11 is 0. The predicted molar refractivity (Wildman–Crippen MR) is 183 cm³/mol. The van der Waals surface area contributed by atoms with Crippen molar-refractivity contribution in [3.8, 4) is 5.75 Å². The maximum absolute atomic E-state index is 13.7. The number of hydrogen-bond donors (Lipinski definition) is 4. The zero-order chi connectivity index (χ0) is 35.0. The molecular formula is C36H56BN3O8. The maximum Gasteiger partial charge on any atom is 0.482 e. The molecule has 0 radical (unpaired) electrons. The number of aromatic carboxylic acids is 1. The molecule has 2 amide bonds. The van der Waals surface area contributed by atoms with Crippen molar-refractivity contribution in [2.24, 2.45) is 23.2 Å². The number of carboxylic acid groups (broad SMARTS) is 1. The summed E-state index contributed by atoms with van der Waals surface area (Å²) < 4.78 is 24.3. The van der Waals surface area contributed by atoms with Crippen molar-refractivity contribution < 1.29 is 38.3 Å². The maximum atomic E-state index is 13.7. The van der Waals surface area contributed by atoms with Crippen LogP contribution in [0.5, 0.6) is 5.75 Å². The van der Waals surface area contributed by atoms with Crippen LogP contribution in [-0.4, -0.2) is 79.2 Å². The van der Waals surface area contributed by atoms with E-state index in [1.54, 1.807) is 6.07 Å². The van der Waals surface area contributed by atoms with Gasteiger partial charge in [0.15, 0.2) is 0 Å². The summed E-state index contributed by atoms with van der Waals surface area (Å²) in [5, 5.41) is 19.5. The minimum atomic E-state index is -1.07. The summed E-state index contributed by atoms with van der Waals surface area (Å²) in [6.07, 6.45) is 6.06. The highest BCUT2D eigenvalue weighted by molar-refractivity contribution is 6.48. The van der Waals surface area contributed by atoms with E-state index in [0.29, 0.717) is 42.8 Å². The summed E-state index contributed by atoms with van der Waals surface area (Å²) in [6.45, 7) is 14.9. The molecule has 1 aliphatic heterocycles. The number of carbonyl (C=O) groups excluding carboxylic acids is 2. The molecule has 2 bridgehead atoms. The summed E-state index contributed by atoms with van der Waals surface area (Å²) in [4.78, 5) is 37.7. The second-order valence-electron chi connectivity index (χ2n) is 16.4. The van der Waals surface area contributed by atoms with Gasteiger partial charge in [0.25, 0.3) is 0 Å². The number of ether oxygens (including phenoxy) is 2. The molecule has 4 aliphatic carbocycles. The first-order valence-corrected chi connectivity index (χ1v) is 17.7. The van der Waals surface area contributed by atoms with Crippen LogP contribution in [0.2, 0.25) is 0 Å². The Kier molecular flexibility index (Phi) is 10.8. The Morgan fingerprint density at radius 1 is 1.08 bits per heavy atom. The number of nitrogens with one attached hydrogen (secondary N) is 3. The molecule has 4 N–H and O–H groups in total. The second-order valence-corrected chi connectivity index (χ2v) is 16.4. The third-order valence-electron chi connectivity index (χ3n) is 11.4. The number of alkyl carbamates (subject to hydrolysis) is 1. The van der Waals surface area contributed by atoms with E-state index in [-0.39, 0.29) is 40.7 Å². The molecule has 5 aliphatic rings. The number of rotatable bonds is 12. The highest BCUT2D eigenvalue weighted by atomic mass is 16.7. The number of amides is 2. The van der Waals surface area contributed by atoms with Crippen LogP contribution in [0.1, 0.15) is 109 Å². The topological polar surface area (TPSA) is 144 Å². The SMILES string of the molecule is COc1c(C[C@H](NC(=O)CC2CCC(NC[C@H](C)NC(=O)OC(C)(C)C)CC2)B2OC3CC4CC(C4(C)C)C3(C)O2)cccc1C(=O)O. The molecule has 0 spiro atoms. The average molecular weight is 670 g/mol. The molecular weight excluding hydrogens is 613 g/mol. The van der Waals surface area contributed by atoms with Crippen LogP contribution in [0.15, 0.2) is 18.2 Å². The van der Waals surface area contributed by atoms with Gasteiger partial charge in [0.1, 0.15) is 16.9 Å². The van der Waals surface area contributed by atoms with Gasteiger partial charge in [-0.2, -0.15) is 0 Å². The number of carboxylic acids is 1. The molecule has 1 saturated heterocycles. The number of carbonyl (C=O) groups is 3. The standard InChI is InChI=1S/C36H56BN3O8/c1-21(39-33(44)46-34(2,3)4)20-38-25-14-12-22(13-15-25)16-30(41)40-29(17-23-10-9-11-26(32(42)43)31(23)45-8)37-47-28-19-24-18-27(35(24,5)6)36(28,7)48-37/h9-11,21-22,24-25,27-29,38H,12-20H2,1-8H3,(H,39,44)(H,40,41)(H,42,43)/t21-,22?,24?,25?,27?,28?,29-,36?/m0/s1. The average Bonchev–Trinajstić information content (AvgIpc) is 3.36. The Hall–Kier alpha value is -2.83. The van der Waals surface area contributed by atoms with Gasteiger partial charge in [0.05, 0.1) is 24.8 Å². The molecule has 6 atom stereocenters. The summed E-state index contributed by atoms with van der Waals surface area (Å²) in [5.74, 6) is -0.133. The van der Waals surface area contributed by atoms with Crippen molar-refractivity contribution in [1.82, 2.24) is 16.0 Å². The van der Waals surface area contributed by atoms with Gasteiger partial charge in [0.2, 0.25) is 5.91 Å². The monoisotopic (exact) mass is 669 g/mol. The molecule has 266 valence electrons. The third kappa shape index (κ3) is 7.97. The van der Waals surface area contributed by atoms with Crippen molar-refractivity contribution in [2.75, 3.05) is 13.7 Å². The zero-order valence-electron chi connectivity index (χ0n) is 30.0. The Labute approximate surface area is 286 Å². The van der Waals surface area contributed by atoms with E-state index in [0.717, 1.165) is 38.5 Å². The molecule has 1 aromatic rings. The van der Waals surface area contributed by atoms with Crippen LogP contribution in [0.4, 0.5) is 4.79 Å². The van der Waals surface area contributed by atoms with Crippen LogP contribution >= 0.6 is 0 Å². The molecule has 4 saturated carbocycles. The van der Waals surface area contributed by atoms with Gasteiger partial charge in [0, 0.05) is 25.0 Å². The number of methoxy groups -OCH3 is 1. The summed E-state index contributed by atoms with van der Waals surface area (Å²) in [5.41, 5.74) is -0.0320. The van der Waals surface area contributed by atoms with Crippen molar-refractivity contribution >= 4 is 25.1 Å². The fraction of sp³-hybridized carbons (Fsp3) is 0.750. The minimum absolute atomic E-state index is 0.0456. The Balaban J connectivity index is 1.19. The molecule has 4 unspecified atom stereocenters. The highest BCUT2D eigenvalue weighted by Gasteiger charge is 2.68. The molecule has 48 heavy (non-hydrogen) atoms. The van der Waals surface area contributed by atoms with Gasteiger partial charge in [-0.05, 0) is 114 Å². The lowest BCUT2D eigenvalue weighted by molar-refractivity contribution is -0.199. The quantitative estimate of drug-likeness (QED) is 0.223. The lowest BCUT2D eigenvalue weighted by atomic mass is 9.43. The van der Waals surface area contributed by atoms with Crippen molar-refractivity contribution in [3.63, 3.8) is 0 Å². The van der Waals surface area contributed by atoms with Crippen molar-refractivity contribution in [1.29, 1.82) is 0 Å². The summed E-state index contributed by atoms with van der Waals surface area (Å²) in [6, 6.07) is 5.32. The fourth-order valence-electron chi connectivity index (χ4n) is 8.68. The number of benzene rings is 1. The highest BCUT2D eigenvalue weighted by Crippen LogP contribution is 2.65. The molecule has 1 aromatic carbocycles. The van der Waals surface area contributed by atoms with Crippen LogP contribution in [0, 0.1) is 23.2 Å². The lowest BCUT2D eigenvalue weighted by Crippen LogP contribution is -2.65. The fourth-order valence-corrected chi connectivity index (χ4v) is 8.68. The van der Waals surface area contributed by atoms with E-state index in [1.165, 1.54) is 13.2 Å². The third-order valence-corrected chi connectivity index (χ3v) is 11.4. The Morgan fingerprint density at radius 3 is 2.42 bits per heavy atom. The Bertz CT molecular complexity index is 1340. The molecule has 6 rings (SSSR count). The molecule has 1 heterocycles. The molecule has 12 heteroatoms. The van der Waals surface area contributed by atoms with Crippen molar-refractivity contribution in [3.05, 3.63) is 29.3 Å². The Morgan fingerprint density at radius 2 is 1.79 bits per heavy atom. The smallest absolute Gasteiger partial charge is 0.482 e. The van der Waals surface area contributed by atoms with Crippen LogP contribution in [0.25, 0.3) is 0 Å². The minimum Gasteiger partial charge on any atom is -0.496 e. The molecule has 11 nitrogen and oxygen atoms in total. The normalized spacial score (nSPS) is 30.3. The van der Waals surface area contributed by atoms with E-state index in [2.05, 4.69) is 36.7 Å². The summed E-state index contributed by atoms with van der Waals surface area (Å²) in [7, 11) is 0.809. The van der Waals surface area contributed by atoms with Crippen LogP contribution < -0.4 is 20.7 Å². The van der Waals surface area contributed by atoms with Gasteiger partial charge in [-0.3, -0.25) is 4.79 Å². The van der Waals surface area contributed by atoms with Gasteiger partial charge in [-0.25, -0.2) is 9.59 Å². The van der Waals surface area contributed by atoms with Gasteiger partial charge in [-0.15, -0.1) is 0 Å². The van der Waals surface area contributed by atoms with E-state index < -0.39 is 36.3 Å². The van der Waals surface area contributed by atoms with Gasteiger partial charge < -0.3 is 39.8 Å². The number of hydrogen-bond acceptors (Lipinski definition) is 8.